The molecule has 0 aromatic carbocycles. The van der Waals surface area contributed by atoms with Gasteiger partial charge in [0.1, 0.15) is 5.00 Å². The largest absolute Gasteiger partial charge is 0.462 e. The molecule has 1 aromatic rings. The molecule has 1 aliphatic carbocycles. The number of anilines is 1. The van der Waals surface area contributed by atoms with Crippen molar-refractivity contribution in [2.75, 3.05) is 31.6 Å². The van der Waals surface area contributed by atoms with Gasteiger partial charge in [-0.3, -0.25) is 4.79 Å². The van der Waals surface area contributed by atoms with Crippen LogP contribution in [0.2, 0.25) is 0 Å². The Hall–Kier alpha value is -1.91. The minimum atomic E-state index is -0.321. The number of nitrogens with zero attached hydrogens (tertiary/aromatic N) is 2. The number of ether oxygens (including phenoxy) is 1. The van der Waals surface area contributed by atoms with E-state index in [0.717, 1.165) is 63.7 Å². The number of esters is 1. The Kier molecular flexibility index (Phi) is 6.86. The summed E-state index contributed by atoms with van der Waals surface area (Å²) < 4.78 is 5.26. The zero-order chi connectivity index (χ0) is 19.2. The Morgan fingerprint density at radius 3 is 2.74 bits per heavy atom. The molecule has 1 amide bonds. The molecule has 1 saturated heterocycles. The van der Waals surface area contributed by atoms with Crippen molar-refractivity contribution in [3.05, 3.63) is 16.0 Å². The Bertz CT molecular complexity index is 730. The second-order valence-corrected chi connectivity index (χ2v) is 8.25. The maximum Gasteiger partial charge on any atom is 0.341 e. The average molecular weight is 390 g/mol. The summed E-state index contributed by atoms with van der Waals surface area (Å²) in [7, 11) is 0. The van der Waals surface area contributed by atoms with Crippen LogP contribution in [0.25, 0.3) is 0 Å². The molecule has 2 aliphatic rings. The lowest BCUT2D eigenvalue weighted by Gasteiger charge is -2.30. The predicted octanol–water partition coefficient (Wildman–Crippen LogP) is 3.37. The van der Waals surface area contributed by atoms with Crippen molar-refractivity contribution in [2.24, 2.45) is 5.92 Å². The van der Waals surface area contributed by atoms with Crippen molar-refractivity contribution in [3.8, 4) is 6.07 Å². The van der Waals surface area contributed by atoms with Crippen molar-refractivity contribution >= 4 is 28.2 Å². The molecule has 0 unspecified atom stereocenters. The number of hydrogen-bond acceptors (Lipinski definition) is 6. The fraction of sp³-hybridized carbons (Fsp3) is 0.650. The van der Waals surface area contributed by atoms with Crippen LogP contribution in [0.1, 0.15) is 59.8 Å². The van der Waals surface area contributed by atoms with E-state index in [4.69, 9.17) is 10.00 Å². The van der Waals surface area contributed by atoms with Gasteiger partial charge in [-0.1, -0.05) is 0 Å². The highest BCUT2D eigenvalue weighted by Crippen LogP contribution is 2.39. The topological polar surface area (TPSA) is 82.4 Å². The third-order valence-corrected chi connectivity index (χ3v) is 6.59. The first-order valence-corrected chi connectivity index (χ1v) is 10.7. The van der Waals surface area contributed by atoms with Gasteiger partial charge in [-0.25, -0.2) is 4.79 Å². The second kappa shape index (κ2) is 9.34. The molecule has 146 valence electrons. The summed E-state index contributed by atoms with van der Waals surface area (Å²) in [5.41, 5.74) is 1.66. The van der Waals surface area contributed by atoms with E-state index in [9.17, 15) is 9.59 Å². The number of rotatable bonds is 6. The van der Waals surface area contributed by atoms with E-state index in [1.54, 1.807) is 18.3 Å². The summed E-state index contributed by atoms with van der Waals surface area (Å²) in [4.78, 5) is 28.8. The van der Waals surface area contributed by atoms with Gasteiger partial charge in [-0.05, 0) is 64.1 Å². The number of likely N-dealkylation sites (tertiary alicyclic amines) is 1. The molecule has 2 heterocycles. The molecule has 1 aromatic heterocycles. The lowest BCUT2D eigenvalue weighted by molar-refractivity contribution is -0.121. The second-order valence-electron chi connectivity index (χ2n) is 7.15. The van der Waals surface area contributed by atoms with E-state index in [-0.39, 0.29) is 17.8 Å². The summed E-state index contributed by atoms with van der Waals surface area (Å²) in [5.74, 6) is -0.366. The summed E-state index contributed by atoms with van der Waals surface area (Å²) in [6.45, 7) is 4.58. The van der Waals surface area contributed by atoms with Gasteiger partial charge in [0.2, 0.25) is 5.91 Å². The Morgan fingerprint density at radius 1 is 1.30 bits per heavy atom. The standard InChI is InChI=1S/C20H27N3O3S/c1-2-26-20(25)17-15-6-3-4-7-16(15)27-19(17)22-18(24)14-8-12-23(13-9-14)11-5-10-21/h14H,2-9,11-13H2,1H3,(H,22,24). The van der Waals surface area contributed by atoms with Crippen molar-refractivity contribution in [2.45, 2.75) is 51.9 Å². The quantitative estimate of drug-likeness (QED) is 0.754. The number of fused-ring (bicyclic) bond motifs is 1. The van der Waals surface area contributed by atoms with Crippen molar-refractivity contribution in [1.82, 2.24) is 4.90 Å². The van der Waals surface area contributed by atoms with E-state index < -0.39 is 0 Å². The third-order valence-electron chi connectivity index (χ3n) is 5.39. The molecular weight excluding hydrogens is 362 g/mol. The molecule has 7 heteroatoms. The van der Waals surface area contributed by atoms with E-state index in [2.05, 4.69) is 16.3 Å². The van der Waals surface area contributed by atoms with Gasteiger partial charge in [0, 0.05) is 23.8 Å². The maximum atomic E-state index is 12.8. The first kappa shape index (κ1) is 19.8. The smallest absolute Gasteiger partial charge is 0.341 e. The number of piperidine rings is 1. The number of aryl methyl sites for hydroxylation is 1. The zero-order valence-corrected chi connectivity index (χ0v) is 16.7. The van der Waals surface area contributed by atoms with Gasteiger partial charge in [0.05, 0.1) is 18.2 Å². The average Bonchev–Trinajstić information content (AvgIpc) is 3.04. The van der Waals surface area contributed by atoms with Gasteiger partial charge in [-0.15, -0.1) is 11.3 Å². The molecule has 27 heavy (non-hydrogen) atoms. The summed E-state index contributed by atoms with van der Waals surface area (Å²) >= 11 is 1.54. The van der Waals surface area contributed by atoms with Crippen LogP contribution in [0.15, 0.2) is 0 Å². The predicted molar refractivity (Wildman–Crippen MR) is 105 cm³/mol. The third kappa shape index (κ3) is 4.69. The molecule has 6 nitrogen and oxygen atoms in total. The molecule has 0 atom stereocenters. The van der Waals surface area contributed by atoms with Crippen molar-refractivity contribution < 1.29 is 14.3 Å². The summed E-state index contributed by atoms with van der Waals surface area (Å²) in [5, 5.41) is 12.4. The Balaban J connectivity index is 1.68. The fourth-order valence-electron chi connectivity index (χ4n) is 3.91. The van der Waals surface area contributed by atoms with Crippen LogP contribution in [0.5, 0.6) is 0 Å². The highest BCUT2D eigenvalue weighted by Gasteiger charge is 2.30. The van der Waals surface area contributed by atoms with Crippen LogP contribution in [-0.2, 0) is 22.4 Å². The summed E-state index contributed by atoms with van der Waals surface area (Å²) in [6, 6.07) is 2.17. The van der Waals surface area contributed by atoms with E-state index in [0.29, 0.717) is 23.6 Å². The molecule has 0 spiro atoms. The number of carbonyl (C=O) groups is 2. The number of hydrogen-bond donors (Lipinski definition) is 1. The number of carbonyl (C=O) groups excluding carboxylic acids is 2. The van der Waals surface area contributed by atoms with Crippen LogP contribution in [0, 0.1) is 17.2 Å². The number of nitrogens with one attached hydrogen (secondary N) is 1. The monoisotopic (exact) mass is 389 g/mol. The molecule has 1 aliphatic heterocycles. The minimum Gasteiger partial charge on any atom is -0.462 e. The molecule has 3 rings (SSSR count). The van der Waals surface area contributed by atoms with Crippen molar-refractivity contribution in [3.63, 3.8) is 0 Å². The highest BCUT2D eigenvalue weighted by atomic mass is 32.1. The maximum absolute atomic E-state index is 12.8. The van der Waals surface area contributed by atoms with E-state index >= 15 is 0 Å². The fourth-order valence-corrected chi connectivity index (χ4v) is 5.19. The van der Waals surface area contributed by atoms with E-state index in [1.165, 1.54) is 4.88 Å². The van der Waals surface area contributed by atoms with Crippen LogP contribution in [0.3, 0.4) is 0 Å². The van der Waals surface area contributed by atoms with Gasteiger partial charge in [0.25, 0.3) is 0 Å². The Morgan fingerprint density at radius 2 is 2.04 bits per heavy atom. The van der Waals surface area contributed by atoms with Gasteiger partial charge in [0.15, 0.2) is 0 Å². The zero-order valence-electron chi connectivity index (χ0n) is 15.9. The van der Waals surface area contributed by atoms with Crippen LogP contribution < -0.4 is 5.32 Å². The number of nitriles is 1. The van der Waals surface area contributed by atoms with Crippen LogP contribution in [-0.4, -0.2) is 43.0 Å². The normalized spacial score (nSPS) is 17.8. The minimum absolute atomic E-state index is 0.000853. The first-order valence-electron chi connectivity index (χ1n) is 9.85. The SMILES string of the molecule is CCOC(=O)c1c(NC(=O)C2CCN(CCC#N)CC2)sc2c1CCCC2. The lowest BCUT2D eigenvalue weighted by Crippen LogP contribution is -2.38. The Labute approximate surface area is 164 Å². The number of amides is 1. The van der Waals surface area contributed by atoms with Gasteiger partial charge >= 0.3 is 5.97 Å². The molecule has 0 bridgehead atoms. The first-order chi connectivity index (χ1) is 13.1. The molecule has 0 saturated carbocycles. The van der Waals surface area contributed by atoms with E-state index in [1.807, 2.05) is 0 Å². The van der Waals surface area contributed by atoms with Gasteiger partial charge < -0.3 is 15.0 Å². The van der Waals surface area contributed by atoms with Crippen LogP contribution >= 0.6 is 11.3 Å². The van der Waals surface area contributed by atoms with Crippen LogP contribution in [0.4, 0.5) is 5.00 Å². The highest BCUT2D eigenvalue weighted by molar-refractivity contribution is 7.17. The van der Waals surface area contributed by atoms with Gasteiger partial charge in [-0.2, -0.15) is 5.26 Å². The summed E-state index contributed by atoms with van der Waals surface area (Å²) in [6.07, 6.45) is 6.16. The molecule has 0 radical (unpaired) electrons. The lowest BCUT2D eigenvalue weighted by atomic mass is 9.94. The van der Waals surface area contributed by atoms with Crippen molar-refractivity contribution in [1.29, 1.82) is 5.26 Å². The molecule has 1 N–H and O–H groups in total. The molecular formula is C20H27N3O3S. The molecule has 1 fully saturated rings. The number of thiophene rings is 1.